The highest BCUT2D eigenvalue weighted by atomic mass is 32.2. The third kappa shape index (κ3) is 4.71. The molecule has 0 N–H and O–H groups in total. The Labute approximate surface area is 116 Å². The van der Waals surface area contributed by atoms with Gasteiger partial charge in [-0.15, -0.1) is 6.58 Å². The van der Waals surface area contributed by atoms with Crippen molar-refractivity contribution in [1.29, 1.82) is 0 Å². The molecule has 1 rings (SSSR count). The van der Waals surface area contributed by atoms with Crippen molar-refractivity contribution in [3.8, 4) is 5.75 Å². The van der Waals surface area contributed by atoms with Crippen molar-refractivity contribution in [3.05, 3.63) is 36.4 Å². The Bertz CT molecular complexity index is 518. The van der Waals surface area contributed by atoms with E-state index >= 15 is 0 Å². The molecule has 3 nitrogen and oxygen atoms in total. The van der Waals surface area contributed by atoms with Crippen LogP contribution >= 0.6 is 0 Å². The van der Waals surface area contributed by atoms with Crippen LogP contribution in [0.5, 0.6) is 5.75 Å². The van der Waals surface area contributed by atoms with Gasteiger partial charge in [0.25, 0.3) is 0 Å². The lowest BCUT2D eigenvalue weighted by molar-refractivity contribution is 0.413. The maximum absolute atomic E-state index is 12.3. The zero-order valence-electron chi connectivity index (χ0n) is 11.7. The predicted octanol–water partition coefficient (Wildman–Crippen LogP) is 3.52. The lowest BCUT2D eigenvalue weighted by atomic mass is 10.2. The molecule has 0 heterocycles. The molecule has 4 heteroatoms. The van der Waals surface area contributed by atoms with E-state index in [4.69, 9.17) is 4.74 Å². The summed E-state index contributed by atoms with van der Waals surface area (Å²) in [6.45, 7) is 5.46. The van der Waals surface area contributed by atoms with Gasteiger partial charge in [0.1, 0.15) is 5.75 Å². The van der Waals surface area contributed by atoms with Crippen molar-refractivity contribution in [2.24, 2.45) is 0 Å². The normalized spacial score (nSPS) is 11.3. The highest BCUT2D eigenvalue weighted by Gasteiger charge is 2.17. The number of unbranched alkanes of at least 4 members (excludes halogenated alkanes) is 3. The van der Waals surface area contributed by atoms with E-state index < -0.39 is 9.84 Å². The molecule has 0 saturated carbocycles. The van der Waals surface area contributed by atoms with Crippen LogP contribution < -0.4 is 4.74 Å². The van der Waals surface area contributed by atoms with Crippen LogP contribution in [0, 0.1) is 6.92 Å². The molecule has 1 aromatic rings. The fourth-order valence-electron chi connectivity index (χ4n) is 1.91. The van der Waals surface area contributed by atoms with Crippen molar-refractivity contribution < 1.29 is 13.2 Å². The maximum Gasteiger partial charge on any atom is 0.178 e. The van der Waals surface area contributed by atoms with Crippen LogP contribution in [0.2, 0.25) is 0 Å². The SMILES string of the molecule is C=CCCCCCS(=O)(=O)c1cc(OC)ccc1C. The molecule has 0 atom stereocenters. The summed E-state index contributed by atoms with van der Waals surface area (Å²) in [7, 11) is -1.68. The van der Waals surface area contributed by atoms with Crippen molar-refractivity contribution in [2.75, 3.05) is 12.9 Å². The van der Waals surface area contributed by atoms with Gasteiger partial charge >= 0.3 is 0 Å². The van der Waals surface area contributed by atoms with Gasteiger partial charge in [0.2, 0.25) is 0 Å². The summed E-state index contributed by atoms with van der Waals surface area (Å²) in [4.78, 5) is 0.385. The second-order valence-electron chi connectivity index (χ2n) is 4.59. The zero-order chi connectivity index (χ0) is 14.3. The van der Waals surface area contributed by atoms with Crippen LogP contribution in [0.3, 0.4) is 0 Å². The smallest absolute Gasteiger partial charge is 0.178 e. The second kappa shape index (κ2) is 7.34. The van der Waals surface area contributed by atoms with E-state index in [-0.39, 0.29) is 5.75 Å². The van der Waals surface area contributed by atoms with E-state index in [1.165, 1.54) is 7.11 Å². The minimum Gasteiger partial charge on any atom is -0.497 e. The standard InChI is InChI=1S/C15H22O3S/c1-4-5-6-7-8-11-19(16,17)15-12-14(18-3)10-9-13(15)2/h4,9-10,12H,1,5-8,11H2,2-3H3. The van der Waals surface area contributed by atoms with E-state index in [1.807, 2.05) is 13.0 Å². The fraction of sp³-hybridized carbons (Fsp3) is 0.467. The highest BCUT2D eigenvalue weighted by Crippen LogP contribution is 2.23. The van der Waals surface area contributed by atoms with Gasteiger partial charge in [-0.25, -0.2) is 8.42 Å². The summed E-state index contributed by atoms with van der Waals surface area (Å²) in [5.74, 6) is 0.772. The summed E-state index contributed by atoms with van der Waals surface area (Å²) in [6, 6.07) is 5.16. The van der Waals surface area contributed by atoms with Crippen LogP contribution in [0.1, 0.15) is 31.2 Å². The van der Waals surface area contributed by atoms with Crippen molar-refractivity contribution in [1.82, 2.24) is 0 Å². The molecule has 0 aromatic heterocycles. The number of aryl methyl sites for hydroxylation is 1. The van der Waals surface area contributed by atoms with Gasteiger partial charge in [-0.05, 0) is 43.9 Å². The zero-order valence-corrected chi connectivity index (χ0v) is 12.5. The molecule has 0 amide bonds. The van der Waals surface area contributed by atoms with Crippen LogP contribution in [-0.4, -0.2) is 21.3 Å². The number of rotatable bonds is 8. The Balaban J connectivity index is 2.74. The van der Waals surface area contributed by atoms with Gasteiger partial charge in [0, 0.05) is 0 Å². The van der Waals surface area contributed by atoms with E-state index in [2.05, 4.69) is 6.58 Å². The number of hydrogen-bond acceptors (Lipinski definition) is 3. The summed E-state index contributed by atoms with van der Waals surface area (Å²) >= 11 is 0. The molecule has 0 unspecified atom stereocenters. The first-order valence-corrected chi connectivity index (χ1v) is 8.15. The molecule has 0 aliphatic carbocycles. The van der Waals surface area contributed by atoms with Crippen LogP contribution in [-0.2, 0) is 9.84 Å². The third-order valence-electron chi connectivity index (χ3n) is 3.05. The predicted molar refractivity (Wildman–Crippen MR) is 78.4 cm³/mol. The Hall–Kier alpha value is -1.29. The molecular formula is C15H22O3S. The maximum atomic E-state index is 12.3. The molecular weight excluding hydrogens is 260 g/mol. The van der Waals surface area contributed by atoms with Crippen LogP contribution in [0.15, 0.2) is 35.7 Å². The first kappa shape index (κ1) is 15.8. The fourth-order valence-corrected chi connectivity index (χ4v) is 3.57. The van der Waals surface area contributed by atoms with Gasteiger partial charge in [0.05, 0.1) is 17.8 Å². The number of ether oxygens (including phenoxy) is 1. The Morgan fingerprint density at radius 1 is 1.26 bits per heavy atom. The van der Waals surface area contributed by atoms with E-state index in [0.29, 0.717) is 17.1 Å². The number of sulfone groups is 1. The van der Waals surface area contributed by atoms with Crippen molar-refractivity contribution >= 4 is 9.84 Å². The van der Waals surface area contributed by atoms with Gasteiger partial charge in [0.15, 0.2) is 9.84 Å². The van der Waals surface area contributed by atoms with Gasteiger partial charge in [-0.2, -0.15) is 0 Å². The molecule has 0 aliphatic heterocycles. The van der Waals surface area contributed by atoms with Crippen molar-refractivity contribution in [3.63, 3.8) is 0 Å². The Morgan fingerprint density at radius 3 is 2.63 bits per heavy atom. The van der Waals surface area contributed by atoms with E-state index in [9.17, 15) is 8.42 Å². The van der Waals surface area contributed by atoms with Crippen LogP contribution in [0.4, 0.5) is 0 Å². The third-order valence-corrected chi connectivity index (χ3v) is 4.99. The van der Waals surface area contributed by atoms with Gasteiger partial charge < -0.3 is 4.74 Å². The van der Waals surface area contributed by atoms with Gasteiger partial charge in [-0.1, -0.05) is 18.6 Å². The minimum atomic E-state index is -3.22. The monoisotopic (exact) mass is 282 g/mol. The quantitative estimate of drug-likeness (QED) is 0.541. The first-order chi connectivity index (χ1) is 9.01. The molecule has 0 spiro atoms. The lowest BCUT2D eigenvalue weighted by Gasteiger charge is -2.09. The number of methoxy groups -OCH3 is 1. The number of benzene rings is 1. The molecule has 0 aliphatic rings. The minimum absolute atomic E-state index is 0.193. The Kier molecular flexibility index (Phi) is 6.09. The first-order valence-electron chi connectivity index (χ1n) is 6.49. The lowest BCUT2D eigenvalue weighted by Crippen LogP contribution is -2.08. The van der Waals surface area contributed by atoms with Crippen LogP contribution in [0.25, 0.3) is 0 Å². The molecule has 0 fully saturated rings. The molecule has 0 bridgehead atoms. The molecule has 0 radical (unpaired) electrons. The highest BCUT2D eigenvalue weighted by molar-refractivity contribution is 7.91. The second-order valence-corrected chi connectivity index (χ2v) is 6.67. The van der Waals surface area contributed by atoms with E-state index in [0.717, 1.165) is 24.8 Å². The molecule has 1 aromatic carbocycles. The molecule has 106 valence electrons. The summed E-state index contributed by atoms with van der Waals surface area (Å²) < 4.78 is 29.6. The average molecular weight is 282 g/mol. The van der Waals surface area contributed by atoms with E-state index in [1.54, 1.807) is 18.2 Å². The number of hydrogen-bond donors (Lipinski definition) is 0. The number of allylic oxidation sites excluding steroid dienone is 1. The van der Waals surface area contributed by atoms with Crippen molar-refractivity contribution in [2.45, 2.75) is 37.5 Å². The molecule has 19 heavy (non-hydrogen) atoms. The summed E-state index contributed by atoms with van der Waals surface area (Å²) in [6.07, 6.45) is 5.40. The largest absolute Gasteiger partial charge is 0.497 e. The Morgan fingerprint density at radius 2 is 2.00 bits per heavy atom. The topological polar surface area (TPSA) is 43.4 Å². The average Bonchev–Trinajstić information content (AvgIpc) is 2.39. The molecule has 0 saturated heterocycles. The van der Waals surface area contributed by atoms with Gasteiger partial charge in [-0.3, -0.25) is 0 Å². The summed E-state index contributed by atoms with van der Waals surface area (Å²) in [5.41, 5.74) is 0.770. The summed E-state index contributed by atoms with van der Waals surface area (Å²) in [5, 5.41) is 0.